The Hall–Kier alpha value is -4.05. The SMILES string of the molecule is COCC(=O)NCCn1ccc2cc(N(C(=N)c3cc(C(C)C)c(O)cc3O)C(N)=O)ccc21. The zero-order valence-electron chi connectivity index (χ0n) is 19.3. The van der Waals surface area contributed by atoms with Gasteiger partial charge in [0, 0.05) is 43.4 Å². The van der Waals surface area contributed by atoms with Gasteiger partial charge >= 0.3 is 6.03 Å². The smallest absolute Gasteiger partial charge is 0.325 e. The number of rotatable bonds is 8. The summed E-state index contributed by atoms with van der Waals surface area (Å²) in [6, 6.07) is 8.78. The number of methoxy groups -OCH3 is 1. The van der Waals surface area contributed by atoms with Crippen molar-refractivity contribution in [3.05, 3.63) is 53.7 Å². The highest BCUT2D eigenvalue weighted by molar-refractivity contribution is 6.22. The van der Waals surface area contributed by atoms with Crippen molar-refractivity contribution in [3.8, 4) is 11.5 Å². The van der Waals surface area contributed by atoms with Crippen molar-refractivity contribution in [2.45, 2.75) is 26.3 Å². The van der Waals surface area contributed by atoms with Crippen LogP contribution in [0.1, 0.15) is 30.9 Å². The number of amides is 3. The van der Waals surface area contributed by atoms with E-state index in [1.807, 2.05) is 30.7 Å². The lowest BCUT2D eigenvalue weighted by molar-refractivity contribution is -0.124. The van der Waals surface area contributed by atoms with E-state index >= 15 is 0 Å². The fourth-order valence-electron chi connectivity index (χ4n) is 3.75. The minimum absolute atomic E-state index is 0.0000563. The number of amidine groups is 1. The Labute approximate surface area is 197 Å². The fourth-order valence-corrected chi connectivity index (χ4v) is 3.75. The van der Waals surface area contributed by atoms with Gasteiger partial charge in [-0.2, -0.15) is 0 Å². The molecule has 1 aromatic heterocycles. The van der Waals surface area contributed by atoms with Crippen molar-refractivity contribution in [1.82, 2.24) is 9.88 Å². The molecule has 0 fully saturated rings. The molecule has 6 N–H and O–H groups in total. The van der Waals surface area contributed by atoms with Crippen molar-refractivity contribution >= 4 is 34.4 Å². The number of hydrogen-bond acceptors (Lipinski definition) is 6. The first-order chi connectivity index (χ1) is 16.1. The highest BCUT2D eigenvalue weighted by Crippen LogP contribution is 2.34. The lowest BCUT2D eigenvalue weighted by atomic mass is 9.98. The molecule has 3 aromatic rings. The first-order valence-corrected chi connectivity index (χ1v) is 10.7. The largest absolute Gasteiger partial charge is 0.508 e. The van der Waals surface area contributed by atoms with Gasteiger partial charge in [-0.25, -0.2) is 9.69 Å². The van der Waals surface area contributed by atoms with Crippen LogP contribution >= 0.6 is 0 Å². The van der Waals surface area contributed by atoms with E-state index in [0.29, 0.717) is 24.3 Å². The number of ether oxygens (including phenoxy) is 1. The van der Waals surface area contributed by atoms with Crippen LogP contribution in [0.4, 0.5) is 10.5 Å². The Kier molecular flexibility index (Phi) is 7.42. The van der Waals surface area contributed by atoms with Gasteiger partial charge in [0.15, 0.2) is 0 Å². The van der Waals surface area contributed by atoms with Gasteiger partial charge in [-0.1, -0.05) is 13.8 Å². The molecule has 0 aliphatic carbocycles. The number of benzene rings is 2. The summed E-state index contributed by atoms with van der Waals surface area (Å²) in [6.07, 6.45) is 1.86. The number of hydrogen-bond donors (Lipinski definition) is 5. The molecular weight excluding hydrogens is 438 g/mol. The molecule has 10 heteroatoms. The summed E-state index contributed by atoms with van der Waals surface area (Å²) in [6.45, 7) is 4.69. The maximum atomic E-state index is 12.3. The molecule has 0 atom stereocenters. The molecular formula is C24H29N5O5. The summed E-state index contributed by atoms with van der Waals surface area (Å²) >= 11 is 0. The Bertz CT molecular complexity index is 1230. The second-order valence-electron chi connectivity index (χ2n) is 8.14. The zero-order chi connectivity index (χ0) is 25.0. The average Bonchev–Trinajstić information content (AvgIpc) is 3.15. The summed E-state index contributed by atoms with van der Waals surface area (Å²) in [7, 11) is 1.46. The third-order valence-electron chi connectivity index (χ3n) is 5.43. The molecule has 0 bridgehead atoms. The molecule has 34 heavy (non-hydrogen) atoms. The van der Waals surface area contributed by atoms with E-state index in [1.54, 1.807) is 18.2 Å². The van der Waals surface area contributed by atoms with Crippen LogP contribution in [0, 0.1) is 5.41 Å². The van der Waals surface area contributed by atoms with Gasteiger partial charge in [-0.15, -0.1) is 0 Å². The Balaban J connectivity index is 1.89. The van der Waals surface area contributed by atoms with Crippen LogP contribution in [0.15, 0.2) is 42.6 Å². The van der Waals surface area contributed by atoms with E-state index < -0.39 is 6.03 Å². The molecule has 1 heterocycles. The number of carbonyl (C=O) groups excluding carboxylic acids is 2. The number of carbonyl (C=O) groups is 2. The highest BCUT2D eigenvalue weighted by atomic mass is 16.5. The number of aromatic hydroxyl groups is 2. The van der Waals surface area contributed by atoms with Crippen LogP contribution in [0.5, 0.6) is 11.5 Å². The van der Waals surface area contributed by atoms with Crippen molar-refractivity contribution in [2.75, 3.05) is 25.2 Å². The van der Waals surface area contributed by atoms with Gasteiger partial charge in [0.1, 0.15) is 23.9 Å². The molecule has 0 spiro atoms. The third-order valence-corrected chi connectivity index (χ3v) is 5.43. The quantitative estimate of drug-likeness (QED) is 0.255. The van der Waals surface area contributed by atoms with Crippen LogP contribution < -0.4 is 16.0 Å². The first kappa shape index (κ1) is 24.6. The molecule has 0 aliphatic rings. The molecule has 0 radical (unpaired) electrons. The third kappa shape index (κ3) is 5.12. The molecule has 10 nitrogen and oxygen atoms in total. The molecule has 180 valence electrons. The summed E-state index contributed by atoms with van der Waals surface area (Å²) in [5, 5.41) is 32.6. The van der Waals surface area contributed by atoms with Gasteiger partial charge in [-0.3, -0.25) is 10.2 Å². The Morgan fingerprint density at radius 1 is 1.18 bits per heavy atom. The molecule has 0 aliphatic heterocycles. The van der Waals surface area contributed by atoms with Crippen molar-refractivity contribution in [2.24, 2.45) is 5.73 Å². The number of nitrogens with two attached hydrogens (primary N) is 1. The minimum Gasteiger partial charge on any atom is -0.508 e. The van der Waals surface area contributed by atoms with Crippen molar-refractivity contribution in [1.29, 1.82) is 5.41 Å². The normalized spacial score (nSPS) is 11.1. The second kappa shape index (κ2) is 10.3. The highest BCUT2D eigenvalue weighted by Gasteiger charge is 2.24. The number of nitrogens with zero attached hydrogens (tertiary/aromatic N) is 2. The van der Waals surface area contributed by atoms with Crippen LogP contribution in [-0.2, 0) is 16.1 Å². The molecule has 0 unspecified atom stereocenters. The van der Waals surface area contributed by atoms with Crippen LogP contribution in [0.2, 0.25) is 0 Å². The molecule has 3 rings (SSSR count). The molecule has 2 aromatic carbocycles. The molecule has 3 amide bonds. The number of nitrogens with one attached hydrogen (secondary N) is 2. The predicted octanol–water partition coefficient (Wildman–Crippen LogP) is 2.85. The van der Waals surface area contributed by atoms with Crippen LogP contribution in [0.25, 0.3) is 10.9 Å². The number of urea groups is 1. The lowest BCUT2D eigenvalue weighted by Gasteiger charge is -2.23. The van der Waals surface area contributed by atoms with Gasteiger partial charge in [0.2, 0.25) is 5.91 Å². The number of phenols is 2. The Morgan fingerprint density at radius 3 is 2.56 bits per heavy atom. The van der Waals surface area contributed by atoms with Crippen molar-refractivity contribution < 1.29 is 24.5 Å². The van der Waals surface area contributed by atoms with E-state index in [2.05, 4.69) is 5.32 Å². The van der Waals surface area contributed by atoms with Gasteiger partial charge in [0.25, 0.3) is 0 Å². The lowest BCUT2D eigenvalue weighted by Crippen LogP contribution is -2.41. The van der Waals surface area contributed by atoms with Gasteiger partial charge in [0.05, 0.1) is 11.3 Å². The fraction of sp³-hybridized carbons (Fsp3) is 0.292. The van der Waals surface area contributed by atoms with Gasteiger partial charge in [-0.05, 0) is 41.8 Å². The van der Waals surface area contributed by atoms with E-state index in [9.17, 15) is 19.8 Å². The standard InChI is InChI=1S/C24H29N5O5/c1-14(2)17-11-18(21(31)12-20(17)30)23(25)29(24(26)33)16-4-5-19-15(10-16)6-8-28(19)9-7-27-22(32)13-34-3/h4-6,8,10-12,14,25,30-31H,7,9,13H2,1-3H3,(H2,26,33)(H,27,32). The number of primary amides is 1. The van der Waals surface area contributed by atoms with E-state index in [4.69, 9.17) is 15.9 Å². The number of fused-ring (bicyclic) bond motifs is 1. The summed E-state index contributed by atoms with van der Waals surface area (Å²) in [5.74, 6) is -0.997. The van der Waals surface area contributed by atoms with Gasteiger partial charge < -0.3 is 30.6 Å². The number of phenolic OH excluding ortho intramolecular Hbond substituents is 2. The molecule has 0 saturated carbocycles. The predicted molar refractivity (Wildman–Crippen MR) is 130 cm³/mol. The summed E-state index contributed by atoms with van der Waals surface area (Å²) in [5.41, 5.74) is 7.45. The average molecular weight is 468 g/mol. The van der Waals surface area contributed by atoms with Crippen LogP contribution in [0.3, 0.4) is 0 Å². The van der Waals surface area contributed by atoms with Crippen LogP contribution in [-0.4, -0.2) is 52.8 Å². The number of anilines is 1. The summed E-state index contributed by atoms with van der Waals surface area (Å²) < 4.78 is 6.74. The number of aromatic nitrogens is 1. The maximum absolute atomic E-state index is 12.3. The summed E-state index contributed by atoms with van der Waals surface area (Å²) in [4.78, 5) is 24.9. The first-order valence-electron chi connectivity index (χ1n) is 10.7. The van der Waals surface area contributed by atoms with E-state index in [0.717, 1.165) is 21.9 Å². The second-order valence-corrected chi connectivity index (χ2v) is 8.14. The van der Waals surface area contributed by atoms with Crippen molar-refractivity contribution in [3.63, 3.8) is 0 Å². The maximum Gasteiger partial charge on any atom is 0.325 e. The molecule has 0 saturated heterocycles. The monoisotopic (exact) mass is 467 g/mol. The van der Waals surface area contributed by atoms with E-state index in [-0.39, 0.29) is 41.3 Å². The minimum atomic E-state index is -0.886. The Morgan fingerprint density at radius 2 is 1.91 bits per heavy atom. The van der Waals surface area contributed by atoms with E-state index in [1.165, 1.54) is 13.2 Å². The topological polar surface area (TPSA) is 154 Å². The zero-order valence-corrected chi connectivity index (χ0v) is 19.3.